The lowest BCUT2D eigenvalue weighted by Crippen LogP contribution is -2.49. The highest BCUT2D eigenvalue weighted by Crippen LogP contribution is 2.27. The van der Waals surface area contributed by atoms with E-state index in [4.69, 9.17) is 4.74 Å². The van der Waals surface area contributed by atoms with Gasteiger partial charge in [0.2, 0.25) is 5.88 Å². The van der Waals surface area contributed by atoms with Crippen LogP contribution in [0.15, 0.2) is 60.9 Å². The number of hydrogen-bond acceptors (Lipinski definition) is 6. The number of aliphatic hydroxyl groups excluding tert-OH is 1. The van der Waals surface area contributed by atoms with Crippen LogP contribution in [0, 0.1) is 23.6 Å². The first kappa shape index (κ1) is 26.3. The normalized spacial score (nSPS) is 18.2. The molecule has 1 aromatic carbocycles. The van der Waals surface area contributed by atoms with E-state index in [1.165, 1.54) is 12.1 Å². The molecule has 3 aromatic rings. The van der Waals surface area contributed by atoms with Gasteiger partial charge in [-0.1, -0.05) is 30.9 Å². The smallest absolute Gasteiger partial charge is 0.259 e. The number of ether oxygens (including phenoxy) is 1. The van der Waals surface area contributed by atoms with Crippen LogP contribution in [0.3, 0.4) is 0 Å². The van der Waals surface area contributed by atoms with Crippen LogP contribution in [0.1, 0.15) is 41.0 Å². The van der Waals surface area contributed by atoms with Gasteiger partial charge in [0, 0.05) is 49.1 Å². The molecule has 0 unspecified atom stereocenters. The monoisotopic (exact) mass is 502 g/mol. The second-order valence-electron chi connectivity index (χ2n) is 9.48. The van der Waals surface area contributed by atoms with Gasteiger partial charge < -0.3 is 14.7 Å². The molecule has 192 valence electrons. The summed E-state index contributed by atoms with van der Waals surface area (Å²) in [4.78, 5) is 26.2. The third-order valence-electron chi connectivity index (χ3n) is 6.35. The van der Waals surface area contributed by atoms with Crippen molar-refractivity contribution >= 4 is 5.91 Å². The van der Waals surface area contributed by atoms with Crippen molar-refractivity contribution in [3.05, 3.63) is 89.1 Å². The van der Waals surface area contributed by atoms with E-state index in [9.17, 15) is 14.3 Å². The van der Waals surface area contributed by atoms with E-state index in [0.717, 1.165) is 5.69 Å². The molecular weight excluding hydrogens is 471 g/mol. The molecule has 3 atom stereocenters. The van der Waals surface area contributed by atoms with Gasteiger partial charge in [-0.2, -0.15) is 0 Å². The van der Waals surface area contributed by atoms with Crippen LogP contribution in [-0.2, 0) is 6.54 Å². The Labute approximate surface area is 216 Å². The van der Waals surface area contributed by atoms with Gasteiger partial charge in [0.1, 0.15) is 17.5 Å². The molecule has 37 heavy (non-hydrogen) atoms. The predicted molar refractivity (Wildman–Crippen MR) is 138 cm³/mol. The molecule has 1 aliphatic heterocycles. The largest absolute Gasteiger partial charge is 0.472 e. The summed E-state index contributed by atoms with van der Waals surface area (Å²) in [5, 5.41) is 9.85. The average molecular weight is 503 g/mol. The molecular formula is C29H31FN4O3. The Kier molecular flexibility index (Phi) is 8.49. The molecule has 0 bridgehead atoms. The Bertz CT molecular complexity index is 1290. The quantitative estimate of drug-likeness (QED) is 0.521. The van der Waals surface area contributed by atoms with Crippen LogP contribution in [0.25, 0.3) is 0 Å². The predicted octanol–water partition coefficient (Wildman–Crippen LogP) is 3.37. The minimum absolute atomic E-state index is 0.0217. The van der Waals surface area contributed by atoms with Crippen LogP contribution in [-0.4, -0.2) is 69.7 Å². The fourth-order valence-corrected chi connectivity index (χ4v) is 4.24. The number of aliphatic hydroxyl groups is 1. The van der Waals surface area contributed by atoms with Crippen LogP contribution < -0.4 is 4.74 Å². The summed E-state index contributed by atoms with van der Waals surface area (Å²) in [5.74, 6) is 5.45. The molecule has 0 aliphatic carbocycles. The first-order valence-corrected chi connectivity index (χ1v) is 12.3. The zero-order valence-electron chi connectivity index (χ0n) is 21.3. The number of hydrogen-bond donors (Lipinski definition) is 1. The first-order chi connectivity index (χ1) is 17.8. The summed E-state index contributed by atoms with van der Waals surface area (Å²) in [7, 11) is 2.00. The summed E-state index contributed by atoms with van der Waals surface area (Å²) >= 11 is 0. The lowest BCUT2D eigenvalue weighted by atomic mass is 10.00. The van der Waals surface area contributed by atoms with E-state index in [1.807, 2.05) is 39.1 Å². The lowest BCUT2D eigenvalue weighted by molar-refractivity contribution is 0.0324. The van der Waals surface area contributed by atoms with E-state index < -0.39 is 0 Å². The average Bonchev–Trinajstić information content (AvgIpc) is 2.89. The van der Waals surface area contributed by atoms with E-state index in [1.54, 1.807) is 35.5 Å². The minimum atomic E-state index is -0.380. The van der Waals surface area contributed by atoms with Crippen molar-refractivity contribution in [2.75, 3.05) is 26.7 Å². The van der Waals surface area contributed by atoms with Crippen LogP contribution in [0.4, 0.5) is 4.39 Å². The fraction of sp³-hybridized carbons (Fsp3) is 0.345. The summed E-state index contributed by atoms with van der Waals surface area (Å²) in [5.41, 5.74) is 2.27. The summed E-state index contributed by atoms with van der Waals surface area (Å²) in [6.07, 6.45) is 3.07. The number of pyridine rings is 2. The summed E-state index contributed by atoms with van der Waals surface area (Å²) in [6.45, 7) is 5.35. The molecule has 3 heterocycles. The first-order valence-electron chi connectivity index (χ1n) is 12.3. The molecule has 1 N–H and O–H groups in total. The molecule has 2 aromatic heterocycles. The Hall–Kier alpha value is -3.80. The second kappa shape index (κ2) is 12.0. The minimum Gasteiger partial charge on any atom is -0.472 e. The molecule has 0 saturated carbocycles. The molecule has 1 aliphatic rings. The maximum Gasteiger partial charge on any atom is 0.259 e. The van der Waals surface area contributed by atoms with Crippen LogP contribution in [0.5, 0.6) is 5.88 Å². The maximum absolute atomic E-state index is 13.6. The number of fused-ring (bicyclic) bond motifs is 1. The Morgan fingerprint density at radius 3 is 2.73 bits per heavy atom. The molecule has 0 radical (unpaired) electrons. The number of halogens is 1. The second-order valence-corrected chi connectivity index (χ2v) is 9.48. The summed E-state index contributed by atoms with van der Waals surface area (Å²) in [6, 6.07) is 13.1. The number of amides is 1. The maximum atomic E-state index is 13.6. The van der Waals surface area contributed by atoms with Gasteiger partial charge >= 0.3 is 0 Å². The van der Waals surface area contributed by atoms with E-state index >= 15 is 0 Å². The van der Waals surface area contributed by atoms with Gasteiger partial charge in [-0.3, -0.25) is 14.7 Å². The standard InChI is InChI=1S/C29H31FN4O3/c1-20-16-34(21(2)19-35)29(36)26-14-23(11-10-22-7-6-8-24(30)13-22)15-32-28(26)37-27(20)18-33(3)17-25-9-4-5-12-31-25/h4-9,12-15,20-21,27,35H,16-19H2,1-3H3/t20-,21-,27+/m1/s1. The number of likely N-dealkylation sites (N-methyl/N-ethyl adjacent to an activating group) is 1. The highest BCUT2D eigenvalue weighted by Gasteiger charge is 2.34. The number of carbonyl (C=O) groups excluding carboxylic acids is 1. The van der Waals surface area contributed by atoms with Crippen molar-refractivity contribution in [1.29, 1.82) is 0 Å². The topological polar surface area (TPSA) is 78.8 Å². The number of benzene rings is 1. The molecule has 7 nitrogen and oxygen atoms in total. The van der Waals surface area contributed by atoms with Crippen molar-refractivity contribution in [3.8, 4) is 17.7 Å². The zero-order valence-corrected chi connectivity index (χ0v) is 21.3. The van der Waals surface area contributed by atoms with Crippen molar-refractivity contribution in [2.24, 2.45) is 5.92 Å². The number of carbonyl (C=O) groups is 1. The molecule has 0 spiro atoms. The molecule has 0 fully saturated rings. The third-order valence-corrected chi connectivity index (χ3v) is 6.35. The highest BCUT2D eigenvalue weighted by atomic mass is 19.1. The van der Waals surface area contributed by atoms with Gasteiger partial charge in [0.25, 0.3) is 5.91 Å². The zero-order chi connectivity index (χ0) is 26.4. The van der Waals surface area contributed by atoms with Crippen LogP contribution in [0.2, 0.25) is 0 Å². The van der Waals surface area contributed by atoms with Gasteiger partial charge in [-0.25, -0.2) is 9.37 Å². The Morgan fingerprint density at radius 2 is 2.00 bits per heavy atom. The Balaban J connectivity index is 1.63. The van der Waals surface area contributed by atoms with E-state index in [2.05, 4.69) is 26.7 Å². The van der Waals surface area contributed by atoms with E-state index in [0.29, 0.717) is 30.8 Å². The third kappa shape index (κ3) is 6.70. The lowest BCUT2D eigenvalue weighted by Gasteiger charge is -2.37. The van der Waals surface area contributed by atoms with Crippen molar-refractivity contribution in [1.82, 2.24) is 19.8 Å². The van der Waals surface area contributed by atoms with Gasteiger partial charge in [0.15, 0.2) is 0 Å². The van der Waals surface area contributed by atoms with Gasteiger partial charge in [-0.15, -0.1) is 0 Å². The van der Waals surface area contributed by atoms with E-state index in [-0.39, 0.29) is 47.8 Å². The van der Waals surface area contributed by atoms with Crippen molar-refractivity contribution in [2.45, 2.75) is 32.5 Å². The SMILES string of the molecule is C[C@@H]1CN([C@H](C)CO)C(=O)c2cc(C#Cc3cccc(F)c3)cnc2O[C@H]1CN(C)Cc1ccccn1. The molecule has 0 saturated heterocycles. The fourth-order valence-electron chi connectivity index (χ4n) is 4.24. The van der Waals surface area contributed by atoms with Gasteiger partial charge in [0.05, 0.1) is 18.3 Å². The molecule has 4 rings (SSSR count). The number of rotatable bonds is 6. The number of nitrogens with zero attached hydrogens (tertiary/aromatic N) is 4. The van der Waals surface area contributed by atoms with Crippen LogP contribution >= 0.6 is 0 Å². The summed E-state index contributed by atoms with van der Waals surface area (Å²) < 4.78 is 19.9. The number of aromatic nitrogens is 2. The van der Waals surface area contributed by atoms with Crippen molar-refractivity contribution < 1.29 is 19.0 Å². The van der Waals surface area contributed by atoms with Gasteiger partial charge in [-0.05, 0) is 50.4 Å². The molecule has 8 heteroatoms. The van der Waals surface area contributed by atoms with Crippen molar-refractivity contribution in [3.63, 3.8) is 0 Å². The molecule has 1 amide bonds. The highest BCUT2D eigenvalue weighted by molar-refractivity contribution is 5.97. The Morgan fingerprint density at radius 1 is 1.19 bits per heavy atom.